The number of hydrazone groups is 1. The molecule has 0 atom stereocenters. The van der Waals surface area contributed by atoms with Crippen molar-refractivity contribution in [3.05, 3.63) is 63.9 Å². The molecule has 140 valence electrons. The fourth-order valence-corrected chi connectivity index (χ4v) is 2.31. The normalized spacial score (nSPS) is 11.0. The van der Waals surface area contributed by atoms with Crippen LogP contribution in [0.1, 0.15) is 11.1 Å². The molecule has 2 aromatic rings. The third-order valence-electron chi connectivity index (χ3n) is 2.80. The first kappa shape index (κ1) is 21.7. The Morgan fingerprint density at radius 1 is 1.31 bits per heavy atom. The molecule has 0 amide bonds. The summed E-state index contributed by atoms with van der Waals surface area (Å²) in [7, 11) is -4.02. The third-order valence-corrected chi connectivity index (χ3v) is 4.16. The molecular weight excluding hydrogens is 431 g/mol. The van der Waals surface area contributed by atoms with Gasteiger partial charge in [0.05, 0.1) is 11.1 Å². The molecule has 0 saturated heterocycles. The van der Waals surface area contributed by atoms with E-state index in [9.17, 15) is 12.8 Å². The molecule has 0 aromatic heterocycles. The van der Waals surface area contributed by atoms with Crippen LogP contribution in [-0.2, 0) is 10.1 Å². The number of hydroxylamine groups is 1. The minimum absolute atomic E-state index is 0.0666. The van der Waals surface area contributed by atoms with Gasteiger partial charge in [0.2, 0.25) is 5.96 Å². The van der Waals surface area contributed by atoms with E-state index in [1.54, 1.807) is 18.2 Å². The molecule has 5 N–H and O–H groups in total. The van der Waals surface area contributed by atoms with Crippen LogP contribution in [0.25, 0.3) is 0 Å². The molecule has 0 saturated carbocycles. The molecule has 0 heterocycles. The smallest absolute Gasteiger partial charge is 0.294 e. The number of hydrogen-bond donors (Lipinski definition) is 4. The average Bonchev–Trinajstić information content (AvgIpc) is 2.53. The van der Waals surface area contributed by atoms with Crippen molar-refractivity contribution in [1.82, 2.24) is 5.17 Å². The molecule has 0 aliphatic rings. The van der Waals surface area contributed by atoms with Gasteiger partial charge in [0, 0.05) is 10.0 Å². The Kier molecular flexibility index (Phi) is 7.83. The van der Waals surface area contributed by atoms with Crippen molar-refractivity contribution in [3.8, 4) is 0 Å². The Morgan fingerprint density at radius 3 is 2.35 bits per heavy atom. The maximum Gasteiger partial charge on any atom is 0.294 e. The Labute approximate surface area is 158 Å². The lowest BCUT2D eigenvalue weighted by molar-refractivity contribution is -0.0139. The highest BCUT2D eigenvalue weighted by molar-refractivity contribution is 9.10. The van der Waals surface area contributed by atoms with Crippen LogP contribution in [0.4, 0.5) is 4.39 Å². The van der Waals surface area contributed by atoms with Crippen LogP contribution in [0.15, 0.2) is 56.9 Å². The summed E-state index contributed by atoms with van der Waals surface area (Å²) in [5, 5.41) is 19.2. The van der Waals surface area contributed by atoms with Crippen molar-refractivity contribution in [2.75, 3.05) is 0 Å². The van der Waals surface area contributed by atoms with Crippen LogP contribution < -0.4 is 5.73 Å². The van der Waals surface area contributed by atoms with Crippen LogP contribution in [0.5, 0.6) is 0 Å². The Hall–Kier alpha value is -2.34. The summed E-state index contributed by atoms with van der Waals surface area (Å²) < 4.78 is 43.3. The van der Waals surface area contributed by atoms with Crippen LogP contribution >= 0.6 is 15.9 Å². The number of nitrogens with two attached hydrogens (primary N) is 1. The highest BCUT2D eigenvalue weighted by Gasteiger charge is 2.06. The lowest BCUT2D eigenvalue weighted by Gasteiger charge is -2.05. The van der Waals surface area contributed by atoms with E-state index in [1.165, 1.54) is 24.3 Å². The lowest BCUT2D eigenvalue weighted by atomic mass is 10.2. The van der Waals surface area contributed by atoms with Crippen molar-refractivity contribution in [3.63, 3.8) is 0 Å². The van der Waals surface area contributed by atoms with Gasteiger partial charge in [0.15, 0.2) is 0 Å². The van der Waals surface area contributed by atoms with E-state index in [1.807, 2.05) is 6.92 Å². The molecule has 2 rings (SSSR count). The molecule has 0 spiro atoms. The van der Waals surface area contributed by atoms with Gasteiger partial charge in [-0.25, -0.2) is 4.39 Å². The van der Waals surface area contributed by atoms with E-state index >= 15 is 0 Å². The van der Waals surface area contributed by atoms with E-state index in [0.29, 0.717) is 4.47 Å². The number of nitrogens with zero attached hydrogens (tertiary/aromatic N) is 2. The van der Waals surface area contributed by atoms with Gasteiger partial charge in [-0.05, 0) is 37.3 Å². The predicted molar refractivity (Wildman–Crippen MR) is 98.2 cm³/mol. The lowest BCUT2D eigenvalue weighted by Crippen LogP contribution is -2.28. The van der Waals surface area contributed by atoms with E-state index in [2.05, 4.69) is 21.0 Å². The van der Waals surface area contributed by atoms with Crippen molar-refractivity contribution >= 4 is 38.2 Å². The average molecular weight is 447 g/mol. The standard InChI is InChI=1S/C8H8BrFN4O.C7H8O3S/c9-6-2-1-5(7(10)3-6)4-13-14(15)8(11)12;1-6-2-4-7(5-3-6)11(8,9)10/h1-4,15H,(H3,11,12);2-5H,1H3,(H,8,9,10)/b13-4+;. The maximum atomic E-state index is 13.2. The quantitative estimate of drug-likeness (QED) is 0.247. The third kappa shape index (κ3) is 7.27. The molecule has 0 aliphatic heterocycles. The van der Waals surface area contributed by atoms with Crippen molar-refractivity contribution in [2.45, 2.75) is 11.8 Å². The van der Waals surface area contributed by atoms with E-state index in [-0.39, 0.29) is 15.6 Å². The van der Waals surface area contributed by atoms with Gasteiger partial charge in [-0.3, -0.25) is 15.2 Å². The molecule has 2 aromatic carbocycles. The molecule has 8 nitrogen and oxygen atoms in total. The van der Waals surface area contributed by atoms with Gasteiger partial charge in [-0.15, -0.1) is 5.17 Å². The minimum Gasteiger partial charge on any atom is -0.367 e. The first-order valence-electron chi connectivity index (χ1n) is 6.87. The summed E-state index contributed by atoms with van der Waals surface area (Å²) in [6.07, 6.45) is 1.06. The van der Waals surface area contributed by atoms with Gasteiger partial charge in [0.25, 0.3) is 10.1 Å². The Bertz CT molecular complexity index is 904. The van der Waals surface area contributed by atoms with Crippen LogP contribution in [-0.4, -0.2) is 35.5 Å². The van der Waals surface area contributed by atoms with Crippen molar-refractivity contribution < 1.29 is 22.6 Å². The molecule has 11 heteroatoms. The summed E-state index contributed by atoms with van der Waals surface area (Å²) in [6, 6.07) is 10.3. The van der Waals surface area contributed by atoms with Crippen LogP contribution in [0.3, 0.4) is 0 Å². The molecule has 0 radical (unpaired) electrons. The summed E-state index contributed by atoms with van der Waals surface area (Å²) in [5.74, 6) is -1.14. The number of rotatable bonds is 3. The van der Waals surface area contributed by atoms with Gasteiger partial charge >= 0.3 is 0 Å². The highest BCUT2D eigenvalue weighted by Crippen LogP contribution is 2.13. The van der Waals surface area contributed by atoms with Crippen LogP contribution in [0.2, 0.25) is 0 Å². The zero-order valence-corrected chi connectivity index (χ0v) is 15.9. The number of halogens is 2. The number of aryl methyl sites for hydroxylation is 1. The summed E-state index contributed by atoms with van der Waals surface area (Å²) in [6.45, 7) is 1.84. The monoisotopic (exact) mass is 446 g/mol. The second-order valence-corrected chi connectivity index (χ2v) is 7.21. The second kappa shape index (κ2) is 9.38. The summed E-state index contributed by atoms with van der Waals surface area (Å²) >= 11 is 3.10. The summed E-state index contributed by atoms with van der Waals surface area (Å²) in [4.78, 5) is -0.0666. The molecule has 0 fully saturated rings. The number of nitrogens with one attached hydrogen (secondary N) is 1. The van der Waals surface area contributed by atoms with Crippen LogP contribution in [0, 0.1) is 18.2 Å². The fourth-order valence-electron chi connectivity index (χ4n) is 1.50. The first-order chi connectivity index (χ1) is 12.0. The maximum absolute atomic E-state index is 13.2. The Morgan fingerprint density at radius 2 is 1.88 bits per heavy atom. The fraction of sp³-hybridized carbons (Fsp3) is 0.0667. The number of benzene rings is 2. The van der Waals surface area contributed by atoms with Gasteiger partial charge in [-0.1, -0.05) is 33.6 Å². The highest BCUT2D eigenvalue weighted by atomic mass is 79.9. The second-order valence-electron chi connectivity index (χ2n) is 4.87. The zero-order chi connectivity index (χ0) is 19.9. The zero-order valence-electron chi connectivity index (χ0n) is 13.5. The molecular formula is C15H16BrFN4O4S. The predicted octanol–water partition coefficient (Wildman–Crippen LogP) is 2.75. The Balaban J connectivity index is 0.000000273. The van der Waals surface area contributed by atoms with Gasteiger partial charge in [0.1, 0.15) is 5.82 Å². The first-order valence-corrected chi connectivity index (χ1v) is 9.10. The van der Waals surface area contributed by atoms with Crippen molar-refractivity contribution in [1.29, 1.82) is 5.41 Å². The molecule has 0 unspecified atom stereocenters. The molecule has 0 aliphatic carbocycles. The van der Waals surface area contributed by atoms with Gasteiger partial charge < -0.3 is 5.73 Å². The number of hydrogen-bond acceptors (Lipinski definition) is 5. The molecule has 26 heavy (non-hydrogen) atoms. The molecule has 0 bridgehead atoms. The van der Waals surface area contributed by atoms with E-state index < -0.39 is 21.9 Å². The topological polar surface area (TPSA) is 140 Å². The van der Waals surface area contributed by atoms with E-state index in [4.69, 9.17) is 20.9 Å². The van der Waals surface area contributed by atoms with Crippen molar-refractivity contribution in [2.24, 2.45) is 10.8 Å². The summed E-state index contributed by atoms with van der Waals surface area (Å²) in [5.41, 5.74) is 6.04. The SMILES string of the molecule is Cc1ccc(S(=O)(=O)O)cc1.N=C(N)N(O)/N=C/c1ccc(Br)cc1F. The van der Waals surface area contributed by atoms with E-state index in [0.717, 1.165) is 11.8 Å². The van der Waals surface area contributed by atoms with Gasteiger partial charge in [-0.2, -0.15) is 13.5 Å². The number of guanidine groups is 1. The minimum atomic E-state index is -4.02. The largest absolute Gasteiger partial charge is 0.367 e.